The maximum atomic E-state index is 13.9. The van der Waals surface area contributed by atoms with Crippen LogP contribution in [-0.4, -0.2) is 34.4 Å². The molecule has 0 aromatic heterocycles. The summed E-state index contributed by atoms with van der Waals surface area (Å²) in [5.41, 5.74) is 2.79. The molecule has 4 rings (SSSR count). The number of benzene rings is 1. The Labute approximate surface area is 209 Å². The first-order valence-electron chi connectivity index (χ1n) is 11.7. The van der Waals surface area contributed by atoms with Crippen LogP contribution >= 0.6 is 23.4 Å². The maximum Gasteiger partial charge on any atom is 0.124 e. The average molecular weight is 502 g/mol. The molecule has 3 heterocycles. The lowest BCUT2D eigenvalue weighted by atomic mass is 9.88. The van der Waals surface area contributed by atoms with E-state index in [0.717, 1.165) is 36.5 Å². The molecule has 1 aromatic carbocycles. The highest BCUT2D eigenvalue weighted by atomic mass is 35.5. The van der Waals surface area contributed by atoms with E-state index in [1.807, 2.05) is 6.08 Å². The van der Waals surface area contributed by atoms with Crippen molar-refractivity contribution in [2.45, 2.75) is 50.6 Å². The summed E-state index contributed by atoms with van der Waals surface area (Å²) in [6.45, 7) is 8.47. The zero-order valence-corrected chi connectivity index (χ0v) is 21.1. The Bertz CT molecular complexity index is 1080. The fraction of sp³-hybridized carbons (Fsp3) is 0.407. The summed E-state index contributed by atoms with van der Waals surface area (Å²) in [6, 6.07) is 3.83. The molecular formula is C27H30ClF2N3S. The molecule has 0 radical (unpaired) electrons. The van der Waals surface area contributed by atoms with Crippen molar-refractivity contribution in [3.05, 3.63) is 82.2 Å². The molecule has 180 valence electrons. The average Bonchev–Trinajstić information content (AvgIpc) is 3.47. The lowest BCUT2D eigenvalue weighted by Crippen LogP contribution is -2.39. The molecule has 0 amide bonds. The number of nitrogens with zero attached hydrogens (tertiary/aromatic N) is 2. The zero-order valence-electron chi connectivity index (χ0n) is 19.5. The van der Waals surface area contributed by atoms with Crippen molar-refractivity contribution in [2.75, 3.05) is 6.54 Å². The monoisotopic (exact) mass is 501 g/mol. The van der Waals surface area contributed by atoms with Crippen molar-refractivity contribution in [1.29, 1.82) is 5.41 Å². The van der Waals surface area contributed by atoms with Gasteiger partial charge in [-0.3, -0.25) is 4.99 Å². The van der Waals surface area contributed by atoms with Gasteiger partial charge in [-0.2, -0.15) is 0 Å². The van der Waals surface area contributed by atoms with Crippen molar-refractivity contribution < 1.29 is 8.78 Å². The Balaban J connectivity index is 1.84. The van der Waals surface area contributed by atoms with Crippen LogP contribution in [-0.2, 0) is 0 Å². The van der Waals surface area contributed by atoms with E-state index in [1.165, 1.54) is 19.1 Å². The molecular weight excluding hydrogens is 472 g/mol. The van der Waals surface area contributed by atoms with Crippen LogP contribution in [0.2, 0.25) is 5.02 Å². The van der Waals surface area contributed by atoms with E-state index < -0.39 is 18.0 Å². The third kappa shape index (κ3) is 5.08. The van der Waals surface area contributed by atoms with Crippen molar-refractivity contribution >= 4 is 34.9 Å². The standard InChI is InChI=1S/C27H30ClF2N3S/c1-4-16(2)18-13-23-25(22(31)8-5-7-17(3)29)26(20-11-10-19(30)14-21(20)28)32-27(33(23)15-18)24-9-6-12-34-24/h4-6,8,10-12,14,16-18,24,26,31H,1,7,9,13,15H2,2-3H3/b8-5-,31-22?/t16?,17?,18-,24?,26-/m0/s1. The molecule has 3 nitrogen and oxygen atoms in total. The summed E-state index contributed by atoms with van der Waals surface area (Å²) in [5, 5.41) is 11.5. The van der Waals surface area contributed by atoms with Crippen LogP contribution in [0.25, 0.3) is 0 Å². The van der Waals surface area contributed by atoms with Crippen LogP contribution in [0.3, 0.4) is 0 Å². The van der Waals surface area contributed by atoms with Crippen molar-refractivity contribution in [1.82, 2.24) is 4.90 Å². The van der Waals surface area contributed by atoms with Crippen molar-refractivity contribution in [2.24, 2.45) is 16.8 Å². The van der Waals surface area contributed by atoms with E-state index in [0.29, 0.717) is 22.4 Å². The van der Waals surface area contributed by atoms with Gasteiger partial charge in [-0.1, -0.05) is 42.8 Å². The lowest BCUT2D eigenvalue weighted by molar-refractivity contribution is 0.365. The topological polar surface area (TPSA) is 39.5 Å². The number of hydrogen-bond donors (Lipinski definition) is 1. The molecule has 3 aliphatic rings. The number of aliphatic imine (C=N–C) groups is 1. The first-order chi connectivity index (χ1) is 16.3. The van der Waals surface area contributed by atoms with Gasteiger partial charge in [0, 0.05) is 28.4 Å². The normalized spacial score (nSPS) is 26.1. The highest BCUT2D eigenvalue weighted by Gasteiger charge is 2.42. The number of fused-ring (bicyclic) bond motifs is 1. The summed E-state index contributed by atoms with van der Waals surface area (Å²) in [5.74, 6) is 1.22. The predicted molar refractivity (Wildman–Crippen MR) is 140 cm³/mol. The number of amidine groups is 1. The van der Waals surface area contributed by atoms with Gasteiger partial charge in [-0.25, -0.2) is 8.78 Å². The molecule has 0 aliphatic carbocycles. The van der Waals surface area contributed by atoms with E-state index >= 15 is 0 Å². The Hall–Kier alpha value is -2.18. The molecule has 5 atom stereocenters. The Kier molecular flexibility index (Phi) is 7.78. The molecule has 1 N–H and O–H groups in total. The van der Waals surface area contributed by atoms with Crippen LogP contribution in [0, 0.1) is 23.1 Å². The first-order valence-corrected chi connectivity index (χ1v) is 13.0. The largest absolute Gasteiger partial charge is 0.332 e. The van der Waals surface area contributed by atoms with Crippen LogP contribution in [0.5, 0.6) is 0 Å². The van der Waals surface area contributed by atoms with Crippen molar-refractivity contribution in [3.63, 3.8) is 0 Å². The van der Waals surface area contributed by atoms with Gasteiger partial charge < -0.3 is 10.3 Å². The smallest absolute Gasteiger partial charge is 0.124 e. The summed E-state index contributed by atoms with van der Waals surface area (Å²) in [6.07, 6.45) is 8.44. The Morgan fingerprint density at radius 1 is 1.41 bits per heavy atom. The van der Waals surface area contributed by atoms with Gasteiger partial charge in [0.2, 0.25) is 0 Å². The fourth-order valence-electron chi connectivity index (χ4n) is 4.75. The van der Waals surface area contributed by atoms with Gasteiger partial charge in [0.05, 0.1) is 11.0 Å². The van der Waals surface area contributed by atoms with Gasteiger partial charge in [0.25, 0.3) is 0 Å². The van der Waals surface area contributed by atoms with E-state index in [2.05, 4.69) is 29.9 Å². The summed E-state index contributed by atoms with van der Waals surface area (Å²) < 4.78 is 27.3. The molecule has 3 aliphatic heterocycles. The second-order valence-electron chi connectivity index (χ2n) is 9.15. The first kappa shape index (κ1) is 24.9. The minimum Gasteiger partial charge on any atom is -0.332 e. The molecule has 34 heavy (non-hydrogen) atoms. The van der Waals surface area contributed by atoms with Gasteiger partial charge in [-0.05, 0) is 61.6 Å². The van der Waals surface area contributed by atoms with Crippen LogP contribution in [0.15, 0.2) is 70.8 Å². The second-order valence-corrected chi connectivity index (χ2v) is 10.7. The number of rotatable bonds is 8. The summed E-state index contributed by atoms with van der Waals surface area (Å²) in [4.78, 5) is 7.45. The molecule has 1 aromatic rings. The number of nitrogens with one attached hydrogen (secondary N) is 1. The molecule has 1 fully saturated rings. The highest BCUT2D eigenvalue weighted by molar-refractivity contribution is 8.03. The molecule has 0 saturated carbocycles. The molecule has 7 heteroatoms. The Morgan fingerprint density at radius 3 is 2.85 bits per heavy atom. The highest BCUT2D eigenvalue weighted by Crippen LogP contribution is 2.46. The van der Waals surface area contributed by atoms with Gasteiger partial charge in [-0.15, -0.1) is 18.3 Å². The van der Waals surface area contributed by atoms with E-state index in [1.54, 1.807) is 30.0 Å². The van der Waals surface area contributed by atoms with Crippen molar-refractivity contribution in [3.8, 4) is 0 Å². The van der Waals surface area contributed by atoms with Crippen LogP contribution in [0.1, 0.15) is 44.7 Å². The minimum absolute atomic E-state index is 0.188. The van der Waals surface area contributed by atoms with E-state index in [-0.39, 0.29) is 17.4 Å². The van der Waals surface area contributed by atoms with Gasteiger partial charge in [0.15, 0.2) is 0 Å². The summed E-state index contributed by atoms with van der Waals surface area (Å²) in [7, 11) is 0. The van der Waals surface area contributed by atoms with Crippen LogP contribution in [0.4, 0.5) is 8.78 Å². The SMILES string of the molecule is C=CC(C)[C@H]1CC2=C(C(=N)/C=C\CC(C)F)[C@H](c3ccc(F)cc3Cl)N=C(C3CC=CS3)N2C1. The fourth-order valence-corrected chi connectivity index (χ4v) is 5.96. The summed E-state index contributed by atoms with van der Waals surface area (Å²) >= 11 is 8.26. The number of alkyl halides is 1. The van der Waals surface area contributed by atoms with E-state index in [9.17, 15) is 8.78 Å². The van der Waals surface area contributed by atoms with Crippen LogP contribution < -0.4 is 0 Å². The Morgan fingerprint density at radius 2 is 2.21 bits per heavy atom. The predicted octanol–water partition coefficient (Wildman–Crippen LogP) is 7.67. The number of thioether (sulfide) groups is 1. The minimum atomic E-state index is -0.979. The third-order valence-corrected chi connectivity index (χ3v) is 8.11. The molecule has 0 spiro atoms. The van der Waals surface area contributed by atoms with E-state index in [4.69, 9.17) is 22.0 Å². The third-order valence-electron chi connectivity index (χ3n) is 6.71. The second kappa shape index (κ2) is 10.6. The maximum absolute atomic E-state index is 13.9. The van der Waals surface area contributed by atoms with Gasteiger partial charge in [0.1, 0.15) is 23.9 Å². The molecule has 3 unspecified atom stereocenters. The van der Waals surface area contributed by atoms with Gasteiger partial charge >= 0.3 is 0 Å². The number of allylic oxidation sites excluding steroid dienone is 5. The number of hydrogen-bond acceptors (Lipinski definition) is 4. The lowest BCUT2D eigenvalue weighted by Gasteiger charge is -2.35. The number of halogens is 3. The molecule has 0 bridgehead atoms. The quantitative estimate of drug-likeness (QED) is 0.293. The zero-order chi connectivity index (χ0) is 24.4. The molecule has 1 saturated heterocycles.